The SMILES string of the molecule is COc1cc(CN2CCc3nnc([C@H](C)NC(=O)C(C)C)n3CC2)ccc1F. The standard InChI is InChI=1S/C20H28FN5O2/c1-13(2)20(27)22-14(3)19-24-23-18-7-8-25(9-10-26(18)19)12-15-5-6-16(21)17(11-15)28-4/h5-6,11,13-14H,7-10,12H2,1-4H3,(H,22,27)/t14-/m0/s1. The van der Waals surface area contributed by atoms with Crippen LogP contribution in [0.4, 0.5) is 4.39 Å². The summed E-state index contributed by atoms with van der Waals surface area (Å²) in [5.74, 6) is 1.56. The number of halogens is 1. The maximum atomic E-state index is 13.6. The molecule has 1 aromatic heterocycles. The van der Waals surface area contributed by atoms with Crippen molar-refractivity contribution in [2.75, 3.05) is 20.2 Å². The van der Waals surface area contributed by atoms with Crippen LogP contribution >= 0.6 is 0 Å². The molecule has 0 bridgehead atoms. The third-order valence-electron chi connectivity index (χ3n) is 5.04. The van der Waals surface area contributed by atoms with Gasteiger partial charge in [-0.3, -0.25) is 9.69 Å². The molecule has 0 spiro atoms. The van der Waals surface area contributed by atoms with Crippen LogP contribution in [-0.4, -0.2) is 45.8 Å². The Balaban J connectivity index is 1.67. The first-order chi connectivity index (χ1) is 13.4. The van der Waals surface area contributed by atoms with E-state index in [-0.39, 0.29) is 29.4 Å². The molecule has 1 aromatic carbocycles. The number of carbonyl (C=O) groups is 1. The van der Waals surface area contributed by atoms with Gasteiger partial charge in [-0.2, -0.15) is 0 Å². The summed E-state index contributed by atoms with van der Waals surface area (Å²) in [6.07, 6.45) is 0.774. The van der Waals surface area contributed by atoms with Crippen molar-refractivity contribution >= 4 is 5.91 Å². The molecular weight excluding hydrogens is 361 g/mol. The molecule has 3 rings (SSSR count). The van der Waals surface area contributed by atoms with Crippen molar-refractivity contribution < 1.29 is 13.9 Å². The Morgan fingerprint density at radius 2 is 2.04 bits per heavy atom. The summed E-state index contributed by atoms with van der Waals surface area (Å²) in [6.45, 7) is 8.79. The van der Waals surface area contributed by atoms with Crippen LogP contribution < -0.4 is 10.1 Å². The van der Waals surface area contributed by atoms with Crippen molar-refractivity contribution in [2.45, 2.75) is 46.3 Å². The Hall–Kier alpha value is -2.48. The lowest BCUT2D eigenvalue weighted by Crippen LogP contribution is -2.32. The Labute approximate surface area is 164 Å². The second-order valence-electron chi connectivity index (χ2n) is 7.51. The number of methoxy groups -OCH3 is 1. The van der Waals surface area contributed by atoms with Crippen molar-refractivity contribution in [1.29, 1.82) is 0 Å². The van der Waals surface area contributed by atoms with Crippen LogP contribution in [0.1, 0.15) is 44.0 Å². The monoisotopic (exact) mass is 389 g/mol. The number of benzene rings is 1. The zero-order valence-electron chi connectivity index (χ0n) is 16.9. The predicted octanol–water partition coefficient (Wildman–Crippen LogP) is 2.32. The molecule has 0 saturated heterocycles. The molecule has 2 heterocycles. The van der Waals surface area contributed by atoms with Gasteiger partial charge in [-0.25, -0.2) is 4.39 Å². The van der Waals surface area contributed by atoms with Crippen LogP contribution in [0.5, 0.6) is 5.75 Å². The first kappa shape index (κ1) is 20.3. The Kier molecular flexibility index (Phi) is 6.28. The number of rotatable bonds is 6. The van der Waals surface area contributed by atoms with Gasteiger partial charge in [0, 0.05) is 38.5 Å². The molecule has 1 atom stereocenters. The van der Waals surface area contributed by atoms with Crippen LogP contribution in [0.15, 0.2) is 18.2 Å². The Morgan fingerprint density at radius 3 is 2.75 bits per heavy atom. The number of aromatic nitrogens is 3. The molecule has 0 radical (unpaired) electrons. The molecule has 0 saturated carbocycles. The maximum absolute atomic E-state index is 13.6. The summed E-state index contributed by atoms with van der Waals surface area (Å²) in [6, 6.07) is 4.79. The predicted molar refractivity (Wildman–Crippen MR) is 103 cm³/mol. The van der Waals surface area contributed by atoms with Crippen LogP contribution in [0.25, 0.3) is 0 Å². The lowest BCUT2D eigenvalue weighted by Gasteiger charge is -2.20. The van der Waals surface area contributed by atoms with Crippen molar-refractivity contribution in [1.82, 2.24) is 25.0 Å². The normalized spacial score (nSPS) is 15.8. The molecule has 0 fully saturated rings. The molecule has 152 valence electrons. The number of nitrogens with one attached hydrogen (secondary N) is 1. The smallest absolute Gasteiger partial charge is 0.223 e. The van der Waals surface area contributed by atoms with E-state index in [4.69, 9.17) is 4.74 Å². The minimum absolute atomic E-state index is 0.00496. The fourth-order valence-electron chi connectivity index (χ4n) is 3.37. The van der Waals surface area contributed by atoms with E-state index in [0.29, 0.717) is 6.54 Å². The fourth-order valence-corrected chi connectivity index (χ4v) is 3.37. The van der Waals surface area contributed by atoms with E-state index in [1.54, 1.807) is 12.1 Å². The van der Waals surface area contributed by atoms with E-state index in [0.717, 1.165) is 43.3 Å². The van der Waals surface area contributed by atoms with Crippen molar-refractivity contribution in [2.24, 2.45) is 5.92 Å². The molecule has 8 heteroatoms. The van der Waals surface area contributed by atoms with E-state index in [1.807, 2.05) is 20.8 Å². The number of ether oxygens (including phenoxy) is 1. The molecule has 0 aliphatic carbocycles. The fraction of sp³-hybridized carbons (Fsp3) is 0.550. The Bertz CT molecular complexity index is 836. The molecule has 1 aliphatic rings. The van der Waals surface area contributed by atoms with Gasteiger partial charge in [0.05, 0.1) is 13.2 Å². The highest BCUT2D eigenvalue weighted by Crippen LogP contribution is 2.21. The van der Waals surface area contributed by atoms with Gasteiger partial charge in [-0.15, -0.1) is 10.2 Å². The summed E-state index contributed by atoms with van der Waals surface area (Å²) in [5, 5.41) is 11.6. The zero-order valence-corrected chi connectivity index (χ0v) is 16.9. The highest BCUT2D eigenvalue weighted by atomic mass is 19.1. The highest BCUT2D eigenvalue weighted by Gasteiger charge is 2.23. The maximum Gasteiger partial charge on any atom is 0.223 e. The largest absolute Gasteiger partial charge is 0.494 e. The number of hydrogen-bond acceptors (Lipinski definition) is 5. The summed E-state index contributed by atoms with van der Waals surface area (Å²) < 4.78 is 20.8. The van der Waals surface area contributed by atoms with Gasteiger partial charge in [-0.1, -0.05) is 19.9 Å². The zero-order chi connectivity index (χ0) is 20.3. The number of nitrogens with zero attached hydrogens (tertiary/aromatic N) is 4. The molecule has 1 aliphatic heterocycles. The van der Waals surface area contributed by atoms with Crippen molar-refractivity contribution in [3.63, 3.8) is 0 Å². The first-order valence-electron chi connectivity index (χ1n) is 9.66. The molecule has 28 heavy (non-hydrogen) atoms. The van der Waals surface area contributed by atoms with Gasteiger partial charge >= 0.3 is 0 Å². The number of carbonyl (C=O) groups excluding carboxylic acids is 1. The summed E-state index contributed by atoms with van der Waals surface area (Å²) in [4.78, 5) is 14.3. The van der Waals surface area contributed by atoms with Crippen LogP contribution in [-0.2, 0) is 24.3 Å². The first-order valence-corrected chi connectivity index (χ1v) is 9.66. The number of amides is 1. The van der Waals surface area contributed by atoms with Gasteiger partial charge < -0.3 is 14.6 Å². The molecule has 2 aromatic rings. The average Bonchev–Trinajstić information content (AvgIpc) is 2.98. The third kappa shape index (κ3) is 4.49. The molecule has 1 amide bonds. The van der Waals surface area contributed by atoms with Crippen LogP contribution in [0.3, 0.4) is 0 Å². The third-order valence-corrected chi connectivity index (χ3v) is 5.04. The van der Waals surface area contributed by atoms with Crippen LogP contribution in [0, 0.1) is 11.7 Å². The minimum atomic E-state index is -0.351. The molecule has 1 N–H and O–H groups in total. The molecule has 0 unspecified atom stereocenters. The number of hydrogen-bond donors (Lipinski definition) is 1. The minimum Gasteiger partial charge on any atom is -0.494 e. The van der Waals surface area contributed by atoms with E-state index in [1.165, 1.54) is 13.2 Å². The summed E-state index contributed by atoms with van der Waals surface area (Å²) >= 11 is 0. The van der Waals surface area contributed by atoms with E-state index >= 15 is 0 Å². The van der Waals surface area contributed by atoms with Gasteiger partial charge in [0.2, 0.25) is 5.91 Å². The van der Waals surface area contributed by atoms with Gasteiger partial charge in [-0.05, 0) is 24.6 Å². The summed E-state index contributed by atoms with van der Waals surface area (Å²) in [7, 11) is 1.47. The lowest BCUT2D eigenvalue weighted by molar-refractivity contribution is -0.124. The Morgan fingerprint density at radius 1 is 1.25 bits per heavy atom. The lowest BCUT2D eigenvalue weighted by atomic mass is 10.2. The van der Waals surface area contributed by atoms with E-state index in [2.05, 4.69) is 25.0 Å². The van der Waals surface area contributed by atoms with Crippen molar-refractivity contribution in [3.05, 3.63) is 41.2 Å². The van der Waals surface area contributed by atoms with Gasteiger partial charge in [0.25, 0.3) is 0 Å². The second-order valence-corrected chi connectivity index (χ2v) is 7.51. The van der Waals surface area contributed by atoms with Gasteiger partial charge in [0.1, 0.15) is 5.82 Å². The summed E-state index contributed by atoms with van der Waals surface area (Å²) in [5.41, 5.74) is 1.01. The van der Waals surface area contributed by atoms with E-state index < -0.39 is 0 Å². The quantitative estimate of drug-likeness (QED) is 0.821. The number of fused-ring (bicyclic) bond motifs is 1. The van der Waals surface area contributed by atoms with Gasteiger partial charge in [0.15, 0.2) is 17.4 Å². The topological polar surface area (TPSA) is 72.3 Å². The van der Waals surface area contributed by atoms with E-state index in [9.17, 15) is 9.18 Å². The molecule has 7 nitrogen and oxygen atoms in total. The second kappa shape index (κ2) is 8.68. The average molecular weight is 389 g/mol. The van der Waals surface area contributed by atoms with Crippen molar-refractivity contribution in [3.8, 4) is 5.75 Å². The highest BCUT2D eigenvalue weighted by molar-refractivity contribution is 5.78. The van der Waals surface area contributed by atoms with Crippen LogP contribution in [0.2, 0.25) is 0 Å². The molecular formula is C20H28FN5O2.